The van der Waals surface area contributed by atoms with Crippen LogP contribution in [-0.4, -0.2) is 36.5 Å². The Kier molecular flexibility index (Phi) is 4.59. The van der Waals surface area contributed by atoms with Crippen LogP contribution in [-0.2, 0) is 12.8 Å². The van der Waals surface area contributed by atoms with Crippen LogP contribution in [0.3, 0.4) is 0 Å². The Hall–Kier alpha value is -2.34. The van der Waals surface area contributed by atoms with Gasteiger partial charge in [0.1, 0.15) is 0 Å². The second-order valence-electron chi connectivity index (χ2n) is 7.80. The van der Waals surface area contributed by atoms with Crippen LogP contribution in [0.1, 0.15) is 56.8 Å². The van der Waals surface area contributed by atoms with Gasteiger partial charge >= 0.3 is 0 Å². The molecule has 1 aromatic carbocycles. The lowest BCUT2D eigenvalue weighted by molar-refractivity contribution is 0.0640. The first-order valence-electron chi connectivity index (χ1n) is 10.0. The van der Waals surface area contributed by atoms with Crippen molar-refractivity contribution in [3.8, 4) is 11.5 Å². The van der Waals surface area contributed by atoms with E-state index in [2.05, 4.69) is 5.38 Å². The van der Waals surface area contributed by atoms with Crippen molar-refractivity contribution in [1.29, 1.82) is 0 Å². The van der Waals surface area contributed by atoms with Crippen LogP contribution in [0.4, 0.5) is 0 Å². The zero-order chi connectivity index (χ0) is 19.1. The molecule has 0 radical (unpaired) electrons. The molecule has 0 bridgehead atoms. The van der Waals surface area contributed by atoms with E-state index in [0.717, 1.165) is 43.5 Å². The Labute approximate surface area is 168 Å². The minimum atomic E-state index is -0.158. The van der Waals surface area contributed by atoms with Gasteiger partial charge in [0.25, 0.3) is 5.91 Å². The average Bonchev–Trinajstić information content (AvgIpc) is 3.39. The summed E-state index contributed by atoms with van der Waals surface area (Å²) in [6, 6.07) is 5.35. The third-order valence-electron chi connectivity index (χ3n) is 6.03. The number of likely N-dealkylation sites (tertiary alicyclic amines) is 1. The molecule has 1 aromatic heterocycles. The van der Waals surface area contributed by atoms with Gasteiger partial charge in [-0.25, -0.2) is 0 Å². The lowest BCUT2D eigenvalue weighted by Crippen LogP contribution is -2.42. The van der Waals surface area contributed by atoms with E-state index in [1.54, 1.807) is 29.5 Å². The van der Waals surface area contributed by atoms with Crippen LogP contribution >= 0.6 is 11.3 Å². The Morgan fingerprint density at radius 2 is 1.93 bits per heavy atom. The molecule has 2 aliphatic heterocycles. The van der Waals surface area contributed by atoms with E-state index in [4.69, 9.17) is 9.47 Å². The van der Waals surface area contributed by atoms with E-state index < -0.39 is 0 Å². The van der Waals surface area contributed by atoms with Crippen LogP contribution in [0, 0.1) is 5.92 Å². The summed E-state index contributed by atoms with van der Waals surface area (Å²) in [5, 5.41) is 2.15. The summed E-state index contributed by atoms with van der Waals surface area (Å²) < 4.78 is 10.7. The molecule has 1 saturated heterocycles. The van der Waals surface area contributed by atoms with Crippen LogP contribution in [0.15, 0.2) is 23.6 Å². The van der Waals surface area contributed by atoms with Crippen molar-refractivity contribution < 1.29 is 19.1 Å². The van der Waals surface area contributed by atoms with E-state index in [-0.39, 0.29) is 24.4 Å². The number of piperidine rings is 1. The van der Waals surface area contributed by atoms with Crippen LogP contribution < -0.4 is 9.47 Å². The second-order valence-corrected chi connectivity index (χ2v) is 8.68. The largest absolute Gasteiger partial charge is 0.454 e. The summed E-state index contributed by atoms with van der Waals surface area (Å²) >= 11 is 1.58. The van der Waals surface area contributed by atoms with Gasteiger partial charge in [-0.2, -0.15) is 0 Å². The fourth-order valence-electron chi connectivity index (χ4n) is 4.50. The quantitative estimate of drug-likeness (QED) is 0.732. The topological polar surface area (TPSA) is 55.8 Å². The number of carbonyl (C=O) groups is 2. The number of hydrogen-bond donors (Lipinski definition) is 0. The van der Waals surface area contributed by atoms with E-state index in [0.29, 0.717) is 23.6 Å². The maximum Gasteiger partial charge on any atom is 0.264 e. The van der Waals surface area contributed by atoms with Crippen molar-refractivity contribution in [2.24, 2.45) is 5.92 Å². The van der Waals surface area contributed by atoms with Gasteiger partial charge in [-0.15, -0.1) is 11.3 Å². The number of Topliss-reactive ketones (excluding diaryl/α,β-unsaturated/α-hetero) is 1. The number of nitrogens with zero attached hydrogens (tertiary/aromatic N) is 1. The number of benzene rings is 1. The fourth-order valence-corrected chi connectivity index (χ4v) is 5.63. The summed E-state index contributed by atoms with van der Waals surface area (Å²) in [5.74, 6) is 1.34. The van der Waals surface area contributed by atoms with Gasteiger partial charge in [0.05, 0.1) is 4.88 Å². The smallest absolute Gasteiger partial charge is 0.264 e. The highest BCUT2D eigenvalue weighted by atomic mass is 32.1. The molecular formula is C22H23NO4S. The molecule has 146 valence electrons. The number of aryl methyl sites for hydroxylation is 1. The Bertz CT molecular complexity index is 935. The molecule has 0 saturated carbocycles. The highest BCUT2D eigenvalue weighted by Gasteiger charge is 2.32. The molecule has 1 amide bonds. The molecule has 1 atom stereocenters. The third-order valence-corrected chi connectivity index (χ3v) is 7.09. The molecule has 5 nitrogen and oxygen atoms in total. The standard InChI is InChI=1S/C22H23NO4S/c24-20(14-7-8-18-19(10-14)27-13-26-18)15-5-3-9-23(11-15)22(25)21-17-6-2-1-4-16(17)12-28-21/h7-8,10,12,15H,1-6,9,11,13H2/t15-/m0/s1. The van der Waals surface area contributed by atoms with Gasteiger partial charge in [-0.1, -0.05) is 0 Å². The molecular weight excluding hydrogens is 374 g/mol. The predicted molar refractivity (Wildman–Crippen MR) is 106 cm³/mol. The van der Waals surface area contributed by atoms with Gasteiger partial charge in [0.15, 0.2) is 17.3 Å². The third kappa shape index (κ3) is 3.09. The highest BCUT2D eigenvalue weighted by molar-refractivity contribution is 7.12. The summed E-state index contributed by atoms with van der Waals surface area (Å²) in [7, 11) is 0. The number of carbonyl (C=O) groups excluding carboxylic acids is 2. The van der Waals surface area contributed by atoms with E-state index in [1.807, 2.05) is 4.90 Å². The fraction of sp³-hybridized carbons (Fsp3) is 0.455. The molecule has 5 rings (SSSR count). The first-order valence-corrected chi connectivity index (χ1v) is 10.9. The van der Waals surface area contributed by atoms with E-state index in [1.165, 1.54) is 17.5 Å². The van der Waals surface area contributed by atoms with Gasteiger partial charge in [0, 0.05) is 24.6 Å². The SMILES string of the molecule is O=C(c1ccc2c(c1)OCO2)[C@H]1CCCN(C(=O)c2scc3c2CCCC3)C1. The molecule has 28 heavy (non-hydrogen) atoms. The van der Waals surface area contributed by atoms with Crippen molar-refractivity contribution in [2.75, 3.05) is 19.9 Å². The molecule has 0 unspecified atom stereocenters. The summed E-state index contributed by atoms with van der Waals surface area (Å²) in [4.78, 5) is 29.0. The molecule has 3 heterocycles. The van der Waals surface area contributed by atoms with Crippen molar-refractivity contribution in [1.82, 2.24) is 4.90 Å². The number of thiophene rings is 1. The lowest BCUT2D eigenvalue weighted by Gasteiger charge is -2.32. The van der Waals surface area contributed by atoms with E-state index >= 15 is 0 Å². The van der Waals surface area contributed by atoms with Crippen LogP contribution in [0.5, 0.6) is 11.5 Å². The number of ketones is 1. The van der Waals surface area contributed by atoms with Crippen molar-refractivity contribution in [3.05, 3.63) is 45.1 Å². The van der Waals surface area contributed by atoms with Gasteiger partial charge in [-0.05, 0) is 73.2 Å². The summed E-state index contributed by atoms with van der Waals surface area (Å²) in [6.45, 7) is 1.43. The zero-order valence-corrected chi connectivity index (χ0v) is 16.6. The average molecular weight is 397 g/mol. The summed E-state index contributed by atoms with van der Waals surface area (Å²) in [6.07, 6.45) is 6.15. The van der Waals surface area contributed by atoms with Crippen molar-refractivity contribution in [2.45, 2.75) is 38.5 Å². The number of fused-ring (bicyclic) bond motifs is 2. The van der Waals surface area contributed by atoms with Gasteiger partial charge < -0.3 is 14.4 Å². The molecule has 0 N–H and O–H groups in total. The number of rotatable bonds is 3. The molecule has 3 aliphatic rings. The van der Waals surface area contributed by atoms with Gasteiger partial charge in [-0.3, -0.25) is 9.59 Å². The second kappa shape index (κ2) is 7.24. The monoisotopic (exact) mass is 397 g/mol. The normalized spacial score (nSPS) is 20.7. The van der Waals surface area contributed by atoms with Crippen molar-refractivity contribution in [3.63, 3.8) is 0 Å². The predicted octanol–water partition coefficient (Wildman–Crippen LogP) is 4.09. The Morgan fingerprint density at radius 1 is 1.07 bits per heavy atom. The molecule has 1 fully saturated rings. The Balaban J connectivity index is 1.33. The maximum atomic E-state index is 13.2. The Morgan fingerprint density at radius 3 is 2.86 bits per heavy atom. The highest BCUT2D eigenvalue weighted by Crippen LogP contribution is 2.35. The molecule has 6 heteroatoms. The van der Waals surface area contributed by atoms with Crippen LogP contribution in [0.25, 0.3) is 0 Å². The number of hydrogen-bond acceptors (Lipinski definition) is 5. The maximum absolute atomic E-state index is 13.2. The molecule has 1 aliphatic carbocycles. The lowest BCUT2D eigenvalue weighted by atomic mass is 9.89. The molecule has 0 spiro atoms. The first kappa shape index (κ1) is 17.7. The minimum absolute atomic E-state index is 0.0870. The van der Waals surface area contributed by atoms with Gasteiger partial charge in [0.2, 0.25) is 6.79 Å². The minimum Gasteiger partial charge on any atom is -0.454 e. The number of ether oxygens (including phenoxy) is 2. The molecule has 2 aromatic rings. The van der Waals surface area contributed by atoms with Crippen LogP contribution in [0.2, 0.25) is 0 Å². The van der Waals surface area contributed by atoms with E-state index in [9.17, 15) is 9.59 Å². The number of amides is 1. The first-order chi connectivity index (χ1) is 13.7. The summed E-state index contributed by atoms with van der Waals surface area (Å²) in [5.41, 5.74) is 3.24. The zero-order valence-electron chi connectivity index (χ0n) is 15.7. The van der Waals surface area contributed by atoms with Crippen molar-refractivity contribution >= 4 is 23.0 Å².